The SMILES string of the molecule is CCC1CC1(NC(=O)C1C[C@@H](Oc2cc(-n3ccc(NC(C)C)n3)nc3cc(OCCN4CCNCC4)ccc23)CN1C(=O)C(NC(=O)OC1CC2CC2C1)C(C)(C)C)C(=O)O. The average molecular weight is 858 g/mol. The third-order valence-electron chi connectivity index (χ3n) is 13.2. The molecular formula is C45H63N9O8. The van der Waals surface area contributed by atoms with Crippen LogP contribution in [0.5, 0.6) is 11.5 Å². The van der Waals surface area contributed by atoms with Gasteiger partial charge in [-0.3, -0.25) is 14.5 Å². The number of ether oxygens (including phenoxy) is 3. The maximum absolute atomic E-state index is 14.8. The van der Waals surface area contributed by atoms with E-state index in [1.807, 2.05) is 72.0 Å². The molecule has 2 saturated heterocycles. The number of anilines is 1. The number of likely N-dealkylation sites (tertiary alicyclic amines) is 1. The molecule has 3 saturated carbocycles. The Balaban J connectivity index is 1.07. The molecule has 1 aromatic carbocycles. The number of benzene rings is 1. The number of alkyl carbamates (subject to hydrolysis) is 1. The van der Waals surface area contributed by atoms with E-state index >= 15 is 0 Å². The molecule has 2 aliphatic heterocycles. The summed E-state index contributed by atoms with van der Waals surface area (Å²) in [6.07, 6.45) is 4.07. The number of aliphatic carboxylic acids is 1. The number of pyridine rings is 1. The van der Waals surface area contributed by atoms with Crippen molar-refractivity contribution >= 4 is 40.6 Å². The number of hydrogen-bond donors (Lipinski definition) is 5. The largest absolute Gasteiger partial charge is 0.492 e. The molecule has 5 aliphatic rings. The summed E-state index contributed by atoms with van der Waals surface area (Å²) in [5.74, 6) is 1.12. The van der Waals surface area contributed by atoms with E-state index in [2.05, 4.69) is 26.2 Å². The van der Waals surface area contributed by atoms with Crippen LogP contribution in [0.4, 0.5) is 10.6 Å². The van der Waals surface area contributed by atoms with Crippen molar-refractivity contribution in [3.8, 4) is 17.3 Å². The molecule has 4 heterocycles. The van der Waals surface area contributed by atoms with Crippen molar-refractivity contribution in [1.82, 2.24) is 40.5 Å². The molecule has 62 heavy (non-hydrogen) atoms. The molecule has 0 radical (unpaired) electrons. The Morgan fingerprint density at radius 1 is 1.02 bits per heavy atom. The standard InChI is InChI=1S/C45H63N9O8/c1-7-29-24-45(29,42(57)58)50-40(55)35-22-32(25-53(35)41(56)39(44(4,5)6)49-43(59)62-31-19-27-18-28(27)20-31)61-36-23-38(54-13-10-37(51-54)47-26(2)3)48-34-21-30(8-9-33(34)36)60-17-16-52-14-11-46-12-15-52/h8-10,13,21,23,26-29,31-32,35,39,46H,7,11-12,14-20,22,24-25H2,1-6H3,(H,47,51)(H,49,59)(H,50,55)(H,57,58)/t27?,28?,29?,31?,32-,35?,39?,45?/m1/s1. The molecule has 6 unspecified atom stereocenters. The number of hydrogen-bond acceptors (Lipinski definition) is 12. The lowest BCUT2D eigenvalue weighted by molar-refractivity contribution is -0.146. The van der Waals surface area contributed by atoms with Crippen LogP contribution in [0.25, 0.3) is 16.7 Å². The Morgan fingerprint density at radius 2 is 1.77 bits per heavy atom. The van der Waals surface area contributed by atoms with E-state index in [0.717, 1.165) is 45.6 Å². The van der Waals surface area contributed by atoms with Gasteiger partial charge in [0.05, 0.1) is 12.1 Å². The van der Waals surface area contributed by atoms with E-state index in [9.17, 15) is 24.3 Å². The van der Waals surface area contributed by atoms with Crippen molar-refractivity contribution in [3.63, 3.8) is 0 Å². The molecule has 17 nitrogen and oxygen atoms in total. The molecular weight excluding hydrogens is 795 g/mol. The van der Waals surface area contributed by atoms with Crippen molar-refractivity contribution < 1.29 is 38.5 Å². The second-order valence-corrected chi connectivity index (χ2v) is 19.3. The van der Waals surface area contributed by atoms with Gasteiger partial charge in [-0.1, -0.05) is 34.1 Å². The maximum Gasteiger partial charge on any atom is 0.408 e. The molecule has 0 spiro atoms. The minimum atomic E-state index is -1.40. The van der Waals surface area contributed by atoms with E-state index < -0.39 is 53.0 Å². The summed E-state index contributed by atoms with van der Waals surface area (Å²) < 4.78 is 20.5. The number of piperazine rings is 1. The number of nitrogens with one attached hydrogen (secondary N) is 4. The summed E-state index contributed by atoms with van der Waals surface area (Å²) in [5, 5.41) is 28.0. The number of rotatable bonds is 16. The van der Waals surface area contributed by atoms with Gasteiger partial charge >= 0.3 is 12.1 Å². The first-order valence-corrected chi connectivity index (χ1v) is 22.4. The number of amides is 3. The fourth-order valence-electron chi connectivity index (χ4n) is 9.54. The summed E-state index contributed by atoms with van der Waals surface area (Å²) in [4.78, 5) is 63.7. The molecule has 17 heteroatoms. The molecule has 8 rings (SSSR count). The Morgan fingerprint density at radius 3 is 2.45 bits per heavy atom. The Bertz CT molecular complexity index is 2140. The minimum absolute atomic E-state index is 0.0000804. The molecule has 5 fully saturated rings. The molecule has 7 atom stereocenters. The minimum Gasteiger partial charge on any atom is -0.492 e. The number of carbonyl (C=O) groups is 4. The van der Waals surface area contributed by atoms with E-state index in [-0.39, 0.29) is 31.0 Å². The van der Waals surface area contributed by atoms with Crippen molar-refractivity contribution in [2.75, 3.05) is 51.2 Å². The predicted molar refractivity (Wildman–Crippen MR) is 231 cm³/mol. The van der Waals surface area contributed by atoms with Gasteiger partial charge < -0.3 is 45.5 Å². The number of fused-ring (bicyclic) bond motifs is 2. The number of aromatic nitrogens is 3. The lowest BCUT2D eigenvalue weighted by Gasteiger charge is -2.35. The van der Waals surface area contributed by atoms with E-state index in [1.54, 1.807) is 10.7 Å². The third-order valence-corrected chi connectivity index (χ3v) is 13.2. The lowest BCUT2D eigenvalue weighted by atomic mass is 9.85. The highest BCUT2D eigenvalue weighted by atomic mass is 16.6. The second-order valence-electron chi connectivity index (χ2n) is 19.3. The molecule has 0 bridgehead atoms. The number of nitrogens with zero attached hydrogens (tertiary/aromatic N) is 5. The lowest BCUT2D eigenvalue weighted by Crippen LogP contribution is -2.59. The van der Waals surface area contributed by atoms with Gasteiger partial charge in [0.25, 0.3) is 0 Å². The van der Waals surface area contributed by atoms with Gasteiger partial charge in [-0.25, -0.2) is 19.3 Å². The Kier molecular flexibility index (Phi) is 12.3. The van der Waals surface area contributed by atoms with E-state index in [0.29, 0.717) is 65.3 Å². The Hall–Kier alpha value is -5.16. The van der Waals surface area contributed by atoms with Gasteiger partial charge in [-0.15, -0.1) is 5.10 Å². The average Bonchev–Trinajstić information content (AvgIpc) is 3.89. The number of carbonyl (C=O) groups excluding carboxylic acids is 3. The van der Waals surface area contributed by atoms with Gasteiger partial charge in [-0.05, 0) is 74.8 Å². The number of carboxylic acids is 1. The van der Waals surface area contributed by atoms with Crippen molar-refractivity contribution in [2.45, 2.75) is 116 Å². The van der Waals surface area contributed by atoms with Crippen molar-refractivity contribution in [2.24, 2.45) is 23.2 Å². The van der Waals surface area contributed by atoms with Crippen LogP contribution in [-0.2, 0) is 19.1 Å². The molecule has 336 valence electrons. The van der Waals surface area contributed by atoms with Crippen LogP contribution in [0.15, 0.2) is 36.5 Å². The quantitative estimate of drug-likeness (QED) is 0.138. The van der Waals surface area contributed by atoms with Crippen LogP contribution < -0.4 is 30.7 Å². The topological polar surface area (TPSA) is 202 Å². The monoisotopic (exact) mass is 857 g/mol. The third kappa shape index (κ3) is 9.58. The summed E-state index contributed by atoms with van der Waals surface area (Å²) >= 11 is 0. The first kappa shape index (κ1) is 43.5. The van der Waals surface area contributed by atoms with Crippen LogP contribution in [0.3, 0.4) is 0 Å². The predicted octanol–water partition coefficient (Wildman–Crippen LogP) is 4.18. The van der Waals surface area contributed by atoms with Crippen molar-refractivity contribution in [1.29, 1.82) is 0 Å². The van der Waals surface area contributed by atoms with Gasteiger partial charge in [0.15, 0.2) is 5.82 Å². The van der Waals surface area contributed by atoms with Crippen LogP contribution in [-0.4, -0.2) is 135 Å². The summed E-state index contributed by atoms with van der Waals surface area (Å²) in [7, 11) is 0. The summed E-state index contributed by atoms with van der Waals surface area (Å²) in [6.45, 7) is 16.7. The molecule has 3 aromatic rings. The zero-order chi connectivity index (χ0) is 43.9. The normalized spacial score (nSPS) is 27.4. The van der Waals surface area contributed by atoms with Crippen LogP contribution in [0, 0.1) is 23.2 Å². The maximum atomic E-state index is 14.8. The number of carboxylic acid groups (broad SMARTS) is 1. The zero-order valence-corrected chi connectivity index (χ0v) is 36.8. The van der Waals surface area contributed by atoms with E-state index in [1.165, 1.54) is 11.3 Å². The zero-order valence-electron chi connectivity index (χ0n) is 36.8. The van der Waals surface area contributed by atoms with Crippen LogP contribution in [0.1, 0.15) is 80.1 Å². The van der Waals surface area contributed by atoms with Crippen molar-refractivity contribution in [3.05, 3.63) is 36.5 Å². The van der Waals surface area contributed by atoms with Crippen LogP contribution in [0.2, 0.25) is 0 Å². The second kappa shape index (κ2) is 17.5. The van der Waals surface area contributed by atoms with Gasteiger partial charge in [0.1, 0.15) is 53.8 Å². The molecule has 2 aromatic heterocycles. The highest BCUT2D eigenvalue weighted by Gasteiger charge is 2.61. The van der Waals surface area contributed by atoms with Gasteiger partial charge in [0, 0.05) is 75.0 Å². The van der Waals surface area contributed by atoms with Gasteiger partial charge in [0.2, 0.25) is 11.8 Å². The summed E-state index contributed by atoms with van der Waals surface area (Å²) in [6, 6.07) is 7.34. The van der Waals surface area contributed by atoms with Gasteiger partial charge in [-0.2, -0.15) is 0 Å². The highest BCUT2D eigenvalue weighted by Crippen LogP contribution is 2.52. The van der Waals surface area contributed by atoms with Crippen LogP contribution >= 0.6 is 0 Å². The van der Waals surface area contributed by atoms with E-state index in [4.69, 9.17) is 24.3 Å². The molecule has 3 amide bonds. The Labute approximate surface area is 363 Å². The smallest absolute Gasteiger partial charge is 0.408 e. The molecule has 5 N–H and O–H groups in total. The highest BCUT2D eigenvalue weighted by molar-refractivity contribution is 5.96. The first-order chi connectivity index (χ1) is 29.6. The molecule has 3 aliphatic carbocycles. The fourth-order valence-corrected chi connectivity index (χ4v) is 9.54. The first-order valence-electron chi connectivity index (χ1n) is 22.4. The fraction of sp³-hybridized carbons (Fsp3) is 0.644. The summed E-state index contributed by atoms with van der Waals surface area (Å²) in [5.41, 5.74) is -1.57.